The summed E-state index contributed by atoms with van der Waals surface area (Å²) in [6.45, 7) is 2.02. The van der Waals surface area contributed by atoms with E-state index in [9.17, 15) is 10.1 Å². The van der Waals surface area contributed by atoms with Gasteiger partial charge in [0.25, 0.3) is 0 Å². The van der Waals surface area contributed by atoms with E-state index in [4.69, 9.17) is 15.2 Å². The molecule has 7 nitrogen and oxygen atoms in total. The summed E-state index contributed by atoms with van der Waals surface area (Å²) in [7, 11) is 0. The number of aryl methyl sites for hydroxylation is 1. The first-order valence-corrected chi connectivity index (χ1v) is 10.6. The molecule has 3 N–H and O–H groups in total. The van der Waals surface area contributed by atoms with Crippen LogP contribution in [0.25, 0.3) is 11.3 Å². The molecular weight excluding hydrogens is 428 g/mol. The standard InChI is InChI=1S/C27H20N4O3/c1-16-7-9-18(10-8-16)24-23-22(21(15-28)25(29)34-26(23)31-30-24)17-11-13-20(14-12-17)33-27(32)19-5-3-2-4-6-19/h2-14,22H,29H2,1H3,(H,30,31). The van der Waals surface area contributed by atoms with Crippen LogP contribution in [0, 0.1) is 18.3 Å². The van der Waals surface area contributed by atoms with E-state index in [0.29, 0.717) is 17.2 Å². The summed E-state index contributed by atoms with van der Waals surface area (Å²) >= 11 is 0. The summed E-state index contributed by atoms with van der Waals surface area (Å²) < 4.78 is 11.2. The fourth-order valence-corrected chi connectivity index (χ4v) is 3.99. The SMILES string of the molecule is Cc1ccc(-c2[nH]nc3c2C(c2ccc(OC(=O)c4ccccc4)cc2)C(C#N)=C(N)O3)cc1. The quantitative estimate of drug-likeness (QED) is 0.342. The predicted molar refractivity (Wildman–Crippen MR) is 126 cm³/mol. The van der Waals surface area contributed by atoms with Crippen molar-refractivity contribution in [1.82, 2.24) is 10.2 Å². The number of rotatable bonds is 4. The number of aromatic amines is 1. The molecular formula is C27H20N4O3. The zero-order chi connectivity index (χ0) is 23.7. The van der Waals surface area contributed by atoms with Gasteiger partial charge in [0, 0.05) is 5.56 Å². The van der Waals surface area contributed by atoms with Crippen LogP contribution < -0.4 is 15.2 Å². The molecule has 0 saturated carbocycles. The van der Waals surface area contributed by atoms with Crippen LogP contribution in [0.2, 0.25) is 0 Å². The highest BCUT2D eigenvalue weighted by atomic mass is 16.5. The number of esters is 1. The van der Waals surface area contributed by atoms with E-state index in [0.717, 1.165) is 27.9 Å². The number of nitriles is 1. The van der Waals surface area contributed by atoms with Gasteiger partial charge in [-0.1, -0.05) is 60.2 Å². The van der Waals surface area contributed by atoms with Gasteiger partial charge in [-0.3, -0.25) is 5.10 Å². The zero-order valence-corrected chi connectivity index (χ0v) is 18.3. The monoisotopic (exact) mass is 448 g/mol. The van der Waals surface area contributed by atoms with Crippen LogP contribution in [0.15, 0.2) is 90.3 Å². The maximum absolute atomic E-state index is 12.4. The molecule has 1 unspecified atom stereocenters. The second-order valence-electron chi connectivity index (χ2n) is 7.93. The Hall–Kier alpha value is -4.83. The number of benzene rings is 3. The van der Waals surface area contributed by atoms with Crippen LogP contribution in [0.4, 0.5) is 0 Å². The average Bonchev–Trinajstić information content (AvgIpc) is 3.28. The van der Waals surface area contributed by atoms with Crippen LogP contribution in [0.1, 0.15) is 33.0 Å². The first-order valence-electron chi connectivity index (χ1n) is 10.6. The summed E-state index contributed by atoms with van der Waals surface area (Å²) in [6, 6.07) is 26.0. The molecule has 0 spiro atoms. The number of hydrogen-bond donors (Lipinski definition) is 2. The summed E-state index contributed by atoms with van der Waals surface area (Å²) in [5.74, 6) is -0.202. The highest BCUT2D eigenvalue weighted by Crippen LogP contribution is 2.45. The Morgan fingerprint density at radius 3 is 2.44 bits per heavy atom. The smallest absolute Gasteiger partial charge is 0.343 e. The Balaban J connectivity index is 1.52. The number of fused-ring (bicyclic) bond motifs is 1. The minimum Gasteiger partial charge on any atom is -0.423 e. The Labute approximate surface area is 196 Å². The summed E-state index contributed by atoms with van der Waals surface area (Å²) in [5.41, 5.74) is 11.1. The van der Waals surface area contributed by atoms with Gasteiger partial charge in [-0.05, 0) is 36.8 Å². The van der Waals surface area contributed by atoms with Crippen molar-refractivity contribution >= 4 is 5.97 Å². The van der Waals surface area contributed by atoms with Crippen molar-refractivity contribution in [2.75, 3.05) is 0 Å². The van der Waals surface area contributed by atoms with Crippen molar-refractivity contribution in [2.45, 2.75) is 12.8 Å². The van der Waals surface area contributed by atoms with E-state index in [1.807, 2.05) is 49.4 Å². The van der Waals surface area contributed by atoms with Gasteiger partial charge in [-0.2, -0.15) is 5.26 Å². The van der Waals surface area contributed by atoms with Gasteiger partial charge >= 0.3 is 5.97 Å². The first kappa shape index (κ1) is 21.0. The van der Waals surface area contributed by atoms with Crippen LogP contribution in [-0.2, 0) is 0 Å². The van der Waals surface area contributed by atoms with Gasteiger partial charge in [0.05, 0.1) is 22.7 Å². The van der Waals surface area contributed by atoms with Crippen LogP contribution in [0.3, 0.4) is 0 Å². The predicted octanol–water partition coefficient (Wildman–Crippen LogP) is 4.82. The zero-order valence-electron chi connectivity index (χ0n) is 18.3. The fraction of sp³-hybridized carbons (Fsp3) is 0.0741. The molecule has 1 aromatic heterocycles. The lowest BCUT2D eigenvalue weighted by molar-refractivity contribution is 0.0734. The minimum atomic E-state index is -0.498. The third-order valence-corrected chi connectivity index (χ3v) is 5.71. The Bertz CT molecular complexity index is 1430. The molecule has 1 aliphatic rings. The molecule has 0 radical (unpaired) electrons. The molecule has 34 heavy (non-hydrogen) atoms. The third-order valence-electron chi connectivity index (χ3n) is 5.71. The number of H-pyrrole nitrogens is 1. The number of carbonyl (C=O) groups is 1. The molecule has 5 rings (SSSR count). The third kappa shape index (κ3) is 3.78. The maximum atomic E-state index is 12.4. The van der Waals surface area contributed by atoms with Crippen molar-refractivity contribution in [2.24, 2.45) is 5.73 Å². The number of nitrogens with zero attached hydrogens (tertiary/aromatic N) is 2. The lowest BCUT2D eigenvalue weighted by Crippen LogP contribution is -2.21. The number of hydrogen-bond acceptors (Lipinski definition) is 6. The number of carbonyl (C=O) groups excluding carboxylic acids is 1. The molecule has 166 valence electrons. The van der Waals surface area contributed by atoms with Crippen LogP contribution in [-0.4, -0.2) is 16.2 Å². The molecule has 0 fully saturated rings. The van der Waals surface area contributed by atoms with Crippen molar-refractivity contribution in [3.8, 4) is 29.0 Å². The minimum absolute atomic E-state index is 0.0153. The second-order valence-corrected chi connectivity index (χ2v) is 7.93. The maximum Gasteiger partial charge on any atom is 0.343 e. The van der Waals surface area contributed by atoms with E-state index in [-0.39, 0.29) is 11.5 Å². The average molecular weight is 448 g/mol. The van der Waals surface area contributed by atoms with Gasteiger partial charge in [-0.15, -0.1) is 5.10 Å². The van der Waals surface area contributed by atoms with Gasteiger partial charge in [0.2, 0.25) is 11.8 Å². The van der Waals surface area contributed by atoms with Gasteiger partial charge in [0.15, 0.2) is 0 Å². The number of allylic oxidation sites excluding steroid dienone is 1. The topological polar surface area (TPSA) is 114 Å². The van der Waals surface area contributed by atoms with E-state index in [2.05, 4.69) is 16.3 Å². The summed E-state index contributed by atoms with van der Waals surface area (Å²) in [6.07, 6.45) is 0. The van der Waals surface area contributed by atoms with Crippen LogP contribution in [0.5, 0.6) is 11.6 Å². The van der Waals surface area contributed by atoms with E-state index in [1.54, 1.807) is 36.4 Å². The number of nitrogens with one attached hydrogen (secondary N) is 1. The fourth-order valence-electron chi connectivity index (χ4n) is 3.99. The van der Waals surface area contributed by atoms with Crippen molar-refractivity contribution in [1.29, 1.82) is 5.26 Å². The molecule has 1 aliphatic heterocycles. The molecule has 2 heterocycles. The van der Waals surface area contributed by atoms with E-state index >= 15 is 0 Å². The lowest BCUT2D eigenvalue weighted by atomic mass is 9.83. The highest BCUT2D eigenvalue weighted by molar-refractivity contribution is 5.91. The molecule has 0 aliphatic carbocycles. The largest absolute Gasteiger partial charge is 0.423 e. The van der Waals surface area contributed by atoms with Crippen LogP contribution >= 0.6 is 0 Å². The van der Waals surface area contributed by atoms with E-state index < -0.39 is 11.9 Å². The molecule has 1 atom stereocenters. The first-order chi connectivity index (χ1) is 16.5. The normalized spacial score (nSPS) is 14.6. The summed E-state index contributed by atoms with van der Waals surface area (Å²) in [4.78, 5) is 12.4. The van der Waals surface area contributed by atoms with E-state index in [1.165, 1.54) is 0 Å². The summed E-state index contributed by atoms with van der Waals surface area (Å²) in [5, 5.41) is 17.2. The van der Waals surface area contributed by atoms with Gasteiger partial charge in [0.1, 0.15) is 17.4 Å². The second kappa shape index (κ2) is 8.60. The number of nitrogens with two attached hydrogens (primary N) is 1. The Kier molecular flexibility index (Phi) is 5.32. The molecule has 3 aromatic carbocycles. The van der Waals surface area contributed by atoms with Crippen molar-refractivity contribution < 1.29 is 14.3 Å². The Morgan fingerprint density at radius 2 is 1.76 bits per heavy atom. The molecule has 7 heteroatoms. The van der Waals surface area contributed by atoms with Gasteiger partial charge in [-0.25, -0.2) is 4.79 Å². The molecule has 4 aromatic rings. The molecule has 0 saturated heterocycles. The van der Waals surface area contributed by atoms with Crippen molar-refractivity contribution in [3.63, 3.8) is 0 Å². The highest BCUT2D eigenvalue weighted by Gasteiger charge is 2.35. The Morgan fingerprint density at radius 1 is 1.06 bits per heavy atom. The van der Waals surface area contributed by atoms with Gasteiger partial charge < -0.3 is 15.2 Å². The number of aromatic nitrogens is 2. The molecule has 0 amide bonds. The lowest BCUT2D eigenvalue weighted by Gasteiger charge is -2.24. The molecule has 0 bridgehead atoms. The number of ether oxygens (including phenoxy) is 2. The van der Waals surface area contributed by atoms with Crippen molar-refractivity contribution in [3.05, 3.63) is 113 Å².